The molecule has 0 aliphatic rings. The second-order valence-corrected chi connectivity index (χ2v) is 7.96. The molecule has 45 heavy (non-hydrogen) atoms. The summed E-state index contributed by atoms with van der Waals surface area (Å²) in [7, 11) is 0. The Morgan fingerprint density at radius 2 is 0.489 bits per heavy atom. The van der Waals surface area contributed by atoms with Crippen LogP contribution in [0.15, 0.2) is 135 Å². The normalized spacial score (nSPS) is 8.71. The molecular formula is C40H46N4Y-2. The van der Waals surface area contributed by atoms with Crippen LogP contribution in [0.2, 0.25) is 0 Å². The van der Waals surface area contributed by atoms with Crippen LogP contribution in [0.1, 0.15) is 55.4 Å². The maximum absolute atomic E-state index is 4.03. The zero-order chi connectivity index (χ0) is 32.4. The Labute approximate surface area is 297 Å². The van der Waals surface area contributed by atoms with E-state index >= 15 is 0 Å². The SMILES string of the molecule is CC.CC.CC.CC.[Y].[c-]1cc(-c2ccncc2)cc(-c2ccncc2)c1.[c-]1cc(-c2ccncc2)cc(-c2ccncc2)c1. The van der Waals surface area contributed by atoms with E-state index in [2.05, 4.69) is 44.2 Å². The van der Waals surface area contributed by atoms with E-state index in [1.54, 1.807) is 49.6 Å². The predicted molar refractivity (Wildman–Crippen MR) is 189 cm³/mol. The molecule has 231 valence electrons. The fourth-order valence-electron chi connectivity index (χ4n) is 3.79. The van der Waals surface area contributed by atoms with Crippen molar-refractivity contribution >= 4 is 0 Å². The Hall–Kier alpha value is -3.86. The molecule has 0 saturated carbocycles. The molecule has 0 N–H and O–H groups in total. The van der Waals surface area contributed by atoms with Crippen molar-refractivity contribution in [3.05, 3.63) is 147 Å². The van der Waals surface area contributed by atoms with Crippen molar-refractivity contribution < 1.29 is 32.7 Å². The van der Waals surface area contributed by atoms with E-state index in [-0.39, 0.29) is 32.7 Å². The Balaban J connectivity index is 0.000000693. The smallest absolute Gasteiger partial charge is 0.0263 e. The van der Waals surface area contributed by atoms with Gasteiger partial charge in [0.2, 0.25) is 0 Å². The Kier molecular flexibility index (Phi) is 24.3. The molecular weight excluding hydrogens is 625 g/mol. The summed E-state index contributed by atoms with van der Waals surface area (Å²) < 4.78 is 0. The first-order valence-corrected chi connectivity index (χ1v) is 15.5. The van der Waals surface area contributed by atoms with Crippen molar-refractivity contribution in [2.45, 2.75) is 55.4 Å². The molecule has 6 aromatic rings. The van der Waals surface area contributed by atoms with Crippen LogP contribution in [0.5, 0.6) is 0 Å². The number of nitrogens with zero attached hydrogens (tertiary/aromatic N) is 4. The first kappa shape index (κ1) is 41.1. The van der Waals surface area contributed by atoms with Crippen molar-refractivity contribution in [3.63, 3.8) is 0 Å². The van der Waals surface area contributed by atoms with Crippen LogP contribution in [0.3, 0.4) is 0 Å². The van der Waals surface area contributed by atoms with E-state index in [9.17, 15) is 0 Å². The zero-order valence-electron chi connectivity index (χ0n) is 28.1. The molecule has 0 aliphatic carbocycles. The first-order chi connectivity index (χ1) is 21.9. The number of pyridine rings is 4. The number of benzene rings is 2. The third-order valence-corrected chi connectivity index (χ3v) is 5.63. The van der Waals surface area contributed by atoms with Crippen molar-refractivity contribution in [1.29, 1.82) is 0 Å². The van der Waals surface area contributed by atoms with Crippen molar-refractivity contribution in [2.24, 2.45) is 0 Å². The standard InChI is InChI=1S/2C16H11N2.4C2H6.Y/c2*1-2-15(13-4-8-17-9-5-13)12-16(3-1)14-6-10-18-11-7-14;4*1-2;/h2*2-12H;4*1-2H3;/q2*-1;;;;;. The Bertz CT molecular complexity index is 1280. The van der Waals surface area contributed by atoms with Crippen LogP contribution in [0.25, 0.3) is 44.5 Å². The van der Waals surface area contributed by atoms with E-state index < -0.39 is 0 Å². The topological polar surface area (TPSA) is 51.6 Å². The second-order valence-electron chi connectivity index (χ2n) is 7.96. The van der Waals surface area contributed by atoms with Crippen molar-refractivity contribution in [2.75, 3.05) is 0 Å². The minimum absolute atomic E-state index is 0. The fraction of sp³-hybridized carbons (Fsp3) is 0.200. The molecule has 0 saturated heterocycles. The van der Waals surface area contributed by atoms with Gasteiger partial charge in [0.1, 0.15) is 0 Å². The molecule has 0 aliphatic heterocycles. The average Bonchev–Trinajstić information content (AvgIpc) is 3.17. The van der Waals surface area contributed by atoms with Crippen LogP contribution in [0, 0.1) is 12.1 Å². The minimum Gasteiger partial charge on any atom is -0.265 e. The van der Waals surface area contributed by atoms with Crippen molar-refractivity contribution in [3.8, 4) is 44.5 Å². The van der Waals surface area contributed by atoms with E-state index in [0.717, 1.165) is 44.5 Å². The van der Waals surface area contributed by atoms with Gasteiger partial charge in [0, 0.05) is 82.3 Å². The van der Waals surface area contributed by atoms with Crippen LogP contribution in [-0.4, -0.2) is 19.9 Å². The molecule has 5 heteroatoms. The number of rotatable bonds is 4. The summed E-state index contributed by atoms with van der Waals surface area (Å²) in [5.74, 6) is 0. The molecule has 1 radical (unpaired) electrons. The summed E-state index contributed by atoms with van der Waals surface area (Å²) in [6.07, 6.45) is 14.4. The summed E-state index contributed by atoms with van der Waals surface area (Å²) in [6.45, 7) is 16.0. The average molecular weight is 672 g/mol. The maximum Gasteiger partial charge on any atom is 0.0263 e. The maximum atomic E-state index is 4.03. The Morgan fingerprint density at radius 1 is 0.311 bits per heavy atom. The van der Waals surface area contributed by atoms with Gasteiger partial charge in [-0.05, 0) is 48.5 Å². The summed E-state index contributed by atoms with van der Waals surface area (Å²) in [5, 5.41) is 0. The molecule has 4 aromatic heterocycles. The van der Waals surface area contributed by atoms with Gasteiger partial charge in [-0.25, -0.2) is 0 Å². The molecule has 4 nitrogen and oxygen atoms in total. The first-order valence-electron chi connectivity index (χ1n) is 15.5. The largest absolute Gasteiger partial charge is 0.265 e. The van der Waals surface area contributed by atoms with E-state index in [1.165, 1.54) is 0 Å². The van der Waals surface area contributed by atoms with Gasteiger partial charge in [-0.2, -0.15) is 48.5 Å². The second kappa shape index (κ2) is 26.5. The number of hydrogen-bond donors (Lipinski definition) is 0. The summed E-state index contributed by atoms with van der Waals surface area (Å²) in [6, 6.07) is 34.6. The molecule has 0 fully saturated rings. The van der Waals surface area contributed by atoms with Gasteiger partial charge in [0.25, 0.3) is 0 Å². The van der Waals surface area contributed by atoms with Gasteiger partial charge in [0.05, 0.1) is 0 Å². The third-order valence-electron chi connectivity index (χ3n) is 5.63. The Morgan fingerprint density at radius 3 is 0.667 bits per heavy atom. The third kappa shape index (κ3) is 14.2. The summed E-state index contributed by atoms with van der Waals surface area (Å²) >= 11 is 0. The van der Waals surface area contributed by atoms with Crippen LogP contribution < -0.4 is 0 Å². The molecule has 0 atom stereocenters. The molecule has 0 spiro atoms. The van der Waals surface area contributed by atoms with Gasteiger partial charge < -0.3 is 0 Å². The van der Waals surface area contributed by atoms with Gasteiger partial charge >= 0.3 is 0 Å². The minimum atomic E-state index is 0. The molecule has 4 heterocycles. The van der Waals surface area contributed by atoms with Crippen LogP contribution >= 0.6 is 0 Å². The number of hydrogen-bond acceptors (Lipinski definition) is 4. The molecule has 2 aromatic carbocycles. The summed E-state index contributed by atoms with van der Waals surface area (Å²) in [5.41, 5.74) is 9.18. The van der Waals surface area contributed by atoms with E-state index in [0.29, 0.717) is 0 Å². The fourth-order valence-corrected chi connectivity index (χ4v) is 3.79. The van der Waals surface area contributed by atoms with E-state index in [4.69, 9.17) is 0 Å². The van der Waals surface area contributed by atoms with Crippen LogP contribution in [0.4, 0.5) is 0 Å². The van der Waals surface area contributed by atoms with Gasteiger partial charge in [-0.3, -0.25) is 19.9 Å². The van der Waals surface area contributed by atoms with Gasteiger partial charge in [0.15, 0.2) is 0 Å². The molecule has 6 rings (SSSR count). The molecule has 0 unspecified atom stereocenters. The quantitative estimate of drug-likeness (QED) is 0.175. The summed E-state index contributed by atoms with van der Waals surface area (Å²) in [4.78, 5) is 16.1. The van der Waals surface area contributed by atoms with Gasteiger partial charge in [-0.15, -0.1) is 22.3 Å². The zero-order valence-corrected chi connectivity index (χ0v) is 30.9. The van der Waals surface area contributed by atoms with E-state index in [1.807, 2.05) is 128 Å². The van der Waals surface area contributed by atoms with Gasteiger partial charge in [-0.1, -0.05) is 77.6 Å². The molecule has 0 amide bonds. The monoisotopic (exact) mass is 671 g/mol. The predicted octanol–water partition coefficient (Wildman–Crippen LogP) is 11.3. The van der Waals surface area contributed by atoms with Crippen molar-refractivity contribution in [1.82, 2.24) is 19.9 Å². The molecule has 0 bridgehead atoms. The van der Waals surface area contributed by atoms with Crippen LogP contribution in [-0.2, 0) is 32.7 Å². The number of aromatic nitrogens is 4.